The van der Waals surface area contributed by atoms with Gasteiger partial charge in [0.1, 0.15) is 42.4 Å². The molecule has 3 saturated heterocycles. The van der Waals surface area contributed by atoms with Gasteiger partial charge in [-0.3, -0.25) is 0 Å². The maximum atomic E-state index is 6.36. The SMILES string of the molecule is COc1ccc(COC2[C@H](c3cnc(OC)nc3OC)O[C@@H]3[C@H]4O[C@H]4CO[C@@H]23)cc1. The van der Waals surface area contributed by atoms with Crippen LogP contribution >= 0.6 is 0 Å². The van der Waals surface area contributed by atoms with Gasteiger partial charge < -0.3 is 33.2 Å². The number of methoxy groups -OCH3 is 3. The van der Waals surface area contributed by atoms with E-state index in [-0.39, 0.29) is 36.5 Å². The molecule has 30 heavy (non-hydrogen) atoms. The maximum absolute atomic E-state index is 6.36. The van der Waals surface area contributed by atoms with Crippen LogP contribution in [0.15, 0.2) is 30.5 Å². The maximum Gasteiger partial charge on any atom is 0.319 e. The fourth-order valence-corrected chi connectivity index (χ4v) is 4.09. The fourth-order valence-electron chi connectivity index (χ4n) is 4.09. The second-order valence-corrected chi connectivity index (χ2v) is 7.40. The number of ether oxygens (including phenoxy) is 7. The molecule has 0 saturated carbocycles. The van der Waals surface area contributed by atoms with Gasteiger partial charge in [0.15, 0.2) is 0 Å². The van der Waals surface area contributed by atoms with Crippen LogP contribution in [0.2, 0.25) is 0 Å². The molecule has 6 atom stereocenters. The lowest BCUT2D eigenvalue weighted by Crippen LogP contribution is -2.43. The van der Waals surface area contributed by atoms with Crippen LogP contribution in [0.1, 0.15) is 17.2 Å². The molecule has 1 aromatic heterocycles. The lowest BCUT2D eigenvalue weighted by atomic mass is 9.99. The van der Waals surface area contributed by atoms with Crippen molar-refractivity contribution < 1.29 is 33.2 Å². The van der Waals surface area contributed by atoms with Crippen LogP contribution in [-0.4, -0.2) is 68.4 Å². The number of aromatic nitrogens is 2. The number of epoxide rings is 1. The number of hydrogen-bond acceptors (Lipinski definition) is 9. The molecule has 2 aromatic rings. The molecular formula is C21H24N2O7. The molecule has 3 aliphatic rings. The van der Waals surface area contributed by atoms with Crippen LogP contribution < -0.4 is 14.2 Å². The Morgan fingerprint density at radius 2 is 1.80 bits per heavy atom. The summed E-state index contributed by atoms with van der Waals surface area (Å²) in [6.45, 7) is 0.940. The van der Waals surface area contributed by atoms with Crippen molar-refractivity contribution in [2.24, 2.45) is 0 Å². The van der Waals surface area contributed by atoms with Crippen LogP contribution in [0.4, 0.5) is 0 Å². The molecular weight excluding hydrogens is 392 g/mol. The third kappa shape index (κ3) is 3.47. The van der Waals surface area contributed by atoms with Gasteiger partial charge in [-0.2, -0.15) is 4.98 Å². The average molecular weight is 416 g/mol. The van der Waals surface area contributed by atoms with Crippen LogP contribution in [0.5, 0.6) is 17.6 Å². The van der Waals surface area contributed by atoms with Crippen LogP contribution in [0.3, 0.4) is 0 Å². The monoisotopic (exact) mass is 416 g/mol. The van der Waals surface area contributed by atoms with Gasteiger partial charge >= 0.3 is 6.01 Å². The Balaban J connectivity index is 1.41. The molecule has 3 fully saturated rings. The fraction of sp³-hybridized carbons (Fsp3) is 0.524. The smallest absolute Gasteiger partial charge is 0.319 e. The third-order valence-electron chi connectivity index (χ3n) is 5.69. The van der Waals surface area contributed by atoms with Crippen molar-refractivity contribution in [3.63, 3.8) is 0 Å². The molecule has 9 heteroatoms. The first-order chi connectivity index (χ1) is 14.7. The molecule has 1 unspecified atom stereocenters. The zero-order chi connectivity index (χ0) is 20.7. The van der Waals surface area contributed by atoms with Gasteiger partial charge in [0.25, 0.3) is 0 Å². The summed E-state index contributed by atoms with van der Waals surface area (Å²) in [5, 5.41) is 0. The molecule has 0 N–H and O–H groups in total. The first kappa shape index (κ1) is 19.5. The Labute approximate surface area is 174 Å². The number of rotatable bonds is 7. The Hall–Kier alpha value is -2.46. The first-order valence-corrected chi connectivity index (χ1v) is 9.83. The average Bonchev–Trinajstić information content (AvgIpc) is 3.51. The number of hydrogen-bond donors (Lipinski definition) is 0. The molecule has 0 amide bonds. The van der Waals surface area contributed by atoms with E-state index < -0.39 is 6.10 Å². The highest BCUT2D eigenvalue weighted by Gasteiger charge is 2.61. The Bertz CT molecular complexity index is 893. The van der Waals surface area contributed by atoms with Crippen molar-refractivity contribution in [3.8, 4) is 17.6 Å². The second kappa shape index (κ2) is 7.99. The summed E-state index contributed by atoms with van der Waals surface area (Å²) < 4.78 is 40.3. The minimum atomic E-state index is -0.456. The zero-order valence-electron chi connectivity index (χ0n) is 17.0. The Morgan fingerprint density at radius 1 is 0.967 bits per heavy atom. The summed E-state index contributed by atoms with van der Waals surface area (Å²) in [7, 11) is 4.70. The number of fused-ring (bicyclic) bond motifs is 3. The highest BCUT2D eigenvalue weighted by Crippen LogP contribution is 2.48. The van der Waals surface area contributed by atoms with E-state index in [1.807, 2.05) is 24.3 Å². The first-order valence-electron chi connectivity index (χ1n) is 9.83. The predicted octanol–water partition coefficient (Wildman–Crippen LogP) is 1.69. The van der Waals surface area contributed by atoms with E-state index in [4.69, 9.17) is 33.2 Å². The molecule has 4 heterocycles. The van der Waals surface area contributed by atoms with E-state index in [0.717, 1.165) is 11.3 Å². The predicted molar refractivity (Wildman–Crippen MR) is 103 cm³/mol. The van der Waals surface area contributed by atoms with Crippen LogP contribution in [0.25, 0.3) is 0 Å². The van der Waals surface area contributed by atoms with E-state index in [1.54, 1.807) is 20.4 Å². The molecule has 0 radical (unpaired) electrons. The summed E-state index contributed by atoms with van der Waals surface area (Å²) >= 11 is 0. The number of benzene rings is 1. The molecule has 0 aliphatic carbocycles. The van der Waals surface area contributed by atoms with E-state index in [9.17, 15) is 0 Å². The molecule has 1 aromatic carbocycles. The van der Waals surface area contributed by atoms with Gasteiger partial charge in [0, 0.05) is 6.20 Å². The summed E-state index contributed by atoms with van der Waals surface area (Å²) in [6, 6.07) is 7.98. The minimum Gasteiger partial charge on any atom is -0.497 e. The van der Waals surface area contributed by atoms with E-state index in [2.05, 4.69) is 9.97 Å². The summed E-state index contributed by atoms with van der Waals surface area (Å²) in [5.74, 6) is 1.19. The van der Waals surface area contributed by atoms with Crippen molar-refractivity contribution in [1.82, 2.24) is 9.97 Å². The normalized spacial score (nSPS) is 31.6. The van der Waals surface area contributed by atoms with Gasteiger partial charge in [0.05, 0.1) is 40.1 Å². The number of nitrogens with zero attached hydrogens (tertiary/aromatic N) is 2. The van der Waals surface area contributed by atoms with Crippen molar-refractivity contribution >= 4 is 0 Å². The zero-order valence-corrected chi connectivity index (χ0v) is 17.0. The topological polar surface area (TPSA) is 93.7 Å². The molecule has 0 bridgehead atoms. The van der Waals surface area contributed by atoms with Crippen molar-refractivity contribution in [2.75, 3.05) is 27.9 Å². The van der Waals surface area contributed by atoms with Crippen LogP contribution in [0, 0.1) is 0 Å². The van der Waals surface area contributed by atoms with E-state index >= 15 is 0 Å². The molecule has 3 aliphatic heterocycles. The third-order valence-corrected chi connectivity index (χ3v) is 5.69. The standard InChI is InChI=1S/C21H24N2O7/c1-24-12-6-4-11(5-7-12)9-27-17-15(13-8-22-21(26-3)23-20(13)25-2)30-19-16-14(29-16)10-28-18(17)19/h4-8,14-19H,9-10H2,1-3H3/t14-,15-,16-,17?,18-,19+/m0/s1. The van der Waals surface area contributed by atoms with E-state index in [1.165, 1.54) is 7.11 Å². The second-order valence-electron chi connectivity index (χ2n) is 7.40. The largest absolute Gasteiger partial charge is 0.497 e. The van der Waals surface area contributed by atoms with Gasteiger partial charge in [-0.25, -0.2) is 4.98 Å². The molecule has 0 spiro atoms. The molecule has 160 valence electrons. The van der Waals surface area contributed by atoms with Crippen molar-refractivity contribution in [3.05, 3.63) is 41.6 Å². The lowest BCUT2D eigenvalue weighted by Gasteiger charge is -2.26. The summed E-state index contributed by atoms with van der Waals surface area (Å²) in [5.41, 5.74) is 1.71. The van der Waals surface area contributed by atoms with Gasteiger partial charge in [-0.05, 0) is 17.7 Å². The summed E-state index contributed by atoms with van der Waals surface area (Å²) in [4.78, 5) is 8.53. The highest BCUT2D eigenvalue weighted by molar-refractivity contribution is 5.31. The Morgan fingerprint density at radius 3 is 2.53 bits per heavy atom. The highest BCUT2D eigenvalue weighted by atomic mass is 16.7. The van der Waals surface area contributed by atoms with Gasteiger partial charge in [-0.1, -0.05) is 12.1 Å². The van der Waals surface area contributed by atoms with Gasteiger partial charge in [-0.15, -0.1) is 0 Å². The van der Waals surface area contributed by atoms with E-state index in [0.29, 0.717) is 24.7 Å². The quantitative estimate of drug-likeness (QED) is 0.625. The Kier molecular flexibility index (Phi) is 5.20. The van der Waals surface area contributed by atoms with Gasteiger partial charge in [0.2, 0.25) is 5.88 Å². The van der Waals surface area contributed by atoms with Crippen molar-refractivity contribution in [2.45, 2.75) is 43.2 Å². The minimum absolute atomic E-state index is 0.0333. The van der Waals surface area contributed by atoms with Crippen LogP contribution in [-0.2, 0) is 25.6 Å². The molecule has 9 nitrogen and oxygen atoms in total. The summed E-state index contributed by atoms with van der Waals surface area (Å²) in [6.07, 6.45) is 0.509. The lowest BCUT2D eigenvalue weighted by molar-refractivity contribution is -0.0809. The molecule has 5 rings (SSSR count). The van der Waals surface area contributed by atoms with Crippen molar-refractivity contribution in [1.29, 1.82) is 0 Å².